The summed E-state index contributed by atoms with van der Waals surface area (Å²) >= 11 is 0. The van der Waals surface area contributed by atoms with Crippen LogP contribution in [0.25, 0.3) is 0 Å². The van der Waals surface area contributed by atoms with Gasteiger partial charge in [0.05, 0.1) is 4.92 Å². The Hall–Kier alpha value is -2.15. The Morgan fingerprint density at radius 2 is 2.27 bits per heavy atom. The molecule has 1 aromatic carbocycles. The summed E-state index contributed by atoms with van der Waals surface area (Å²) in [5, 5.41) is 14.2. The van der Waals surface area contributed by atoms with Gasteiger partial charge >= 0.3 is 0 Å². The fraction of sp³-hybridized carbons (Fsp3) is 0.125. The Bertz CT molecular complexity index is 415. The molecule has 7 nitrogen and oxygen atoms in total. The Kier molecular flexibility index (Phi) is 3.19. The highest BCUT2D eigenvalue weighted by molar-refractivity contribution is 5.97. The van der Waals surface area contributed by atoms with Crippen LogP contribution in [0.1, 0.15) is 11.1 Å². The zero-order valence-corrected chi connectivity index (χ0v) is 8.10. The summed E-state index contributed by atoms with van der Waals surface area (Å²) in [5.41, 5.74) is 8.55. The Labute approximate surface area is 85.9 Å². The molecule has 0 bridgehead atoms. The van der Waals surface area contributed by atoms with Crippen molar-refractivity contribution in [2.24, 2.45) is 16.7 Å². The van der Waals surface area contributed by atoms with E-state index in [1.807, 2.05) is 5.53 Å². The Morgan fingerprint density at radius 3 is 2.80 bits per heavy atom. The van der Waals surface area contributed by atoms with Crippen molar-refractivity contribution in [3.63, 3.8) is 0 Å². The second kappa shape index (κ2) is 4.38. The van der Waals surface area contributed by atoms with Crippen molar-refractivity contribution in [1.29, 1.82) is 0 Å². The summed E-state index contributed by atoms with van der Waals surface area (Å²) in [4.78, 5) is 10.2. The topological polar surface area (TPSA) is 120 Å². The third kappa shape index (κ3) is 2.41. The molecule has 0 aromatic heterocycles. The molecule has 0 heterocycles. The number of benzene rings is 1. The van der Waals surface area contributed by atoms with Crippen LogP contribution in [0, 0.1) is 17.0 Å². The van der Waals surface area contributed by atoms with Gasteiger partial charge in [-0.2, -0.15) is 0 Å². The van der Waals surface area contributed by atoms with E-state index in [0.717, 1.165) is 0 Å². The number of hydrazone groups is 1. The molecular formula is C8H11N5O2. The summed E-state index contributed by atoms with van der Waals surface area (Å²) in [6, 6.07) is 4.59. The molecule has 0 aliphatic rings. The van der Waals surface area contributed by atoms with E-state index in [0.29, 0.717) is 11.1 Å². The summed E-state index contributed by atoms with van der Waals surface area (Å²) in [6.07, 6.45) is 0. The van der Waals surface area contributed by atoms with Crippen molar-refractivity contribution in [3.8, 4) is 0 Å². The van der Waals surface area contributed by atoms with E-state index in [9.17, 15) is 10.1 Å². The van der Waals surface area contributed by atoms with Crippen LogP contribution in [-0.4, -0.2) is 10.8 Å². The third-order valence-electron chi connectivity index (χ3n) is 1.89. The molecule has 0 saturated carbocycles. The molecule has 15 heavy (non-hydrogen) atoms. The normalized spacial score (nSPS) is 11.2. The van der Waals surface area contributed by atoms with Gasteiger partial charge in [-0.3, -0.25) is 10.1 Å². The van der Waals surface area contributed by atoms with E-state index in [1.165, 1.54) is 6.07 Å². The fourth-order valence-corrected chi connectivity index (χ4v) is 1.10. The first kappa shape index (κ1) is 10.9. The van der Waals surface area contributed by atoms with Crippen LogP contribution >= 0.6 is 0 Å². The molecule has 7 heteroatoms. The molecule has 0 saturated heterocycles. The lowest BCUT2D eigenvalue weighted by atomic mass is 10.1. The highest BCUT2D eigenvalue weighted by Gasteiger charge is 2.12. The van der Waals surface area contributed by atoms with E-state index in [4.69, 9.17) is 11.6 Å². The number of nitrogens with zero attached hydrogens (tertiary/aromatic N) is 2. The molecule has 0 atom stereocenters. The molecule has 0 spiro atoms. The van der Waals surface area contributed by atoms with Gasteiger partial charge in [-0.1, -0.05) is 12.1 Å². The molecule has 0 amide bonds. The predicted molar refractivity (Wildman–Crippen MR) is 55.9 cm³/mol. The molecule has 0 unspecified atom stereocenters. The van der Waals surface area contributed by atoms with Gasteiger partial charge in [0.25, 0.3) is 5.69 Å². The Balaban J connectivity index is 3.19. The zero-order valence-electron chi connectivity index (χ0n) is 8.10. The lowest BCUT2D eigenvalue weighted by Crippen LogP contribution is -2.23. The van der Waals surface area contributed by atoms with Gasteiger partial charge in [-0.25, -0.2) is 11.4 Å². The molecule has 1 rings (SSSR count). The maximum absolute atomic E-state index is 10.6. The summed E-state index contributed by atoms with van der Waals surface area (Å²) in [7, 11) is 0. The smallest absolute Gasteiger partial charge is 0.273 e. The maximum Gasteiger partial charge on any atom is 0.273 e. The minimum atomic E-state index is -0.470. The summed E-state index contributed by atoms with van der Waals surface area (Å²) in [5.74, 6) is 5.04. The SMILES string of the molecule is Cc1ccc(/C(N)=N/NN)cc1[N+](=O)[O-]. The maximum atomic E-state index is 10.6. The molecule has 5 N–H and O–H groups in total. The highest BCUT2D eigenvalue weighted by atomic mass is 16.6. The molecule has 1 aromatic rings. The average molecular weight is 209 g/mol. The number of nitrogens with one attached hydrogen (secondary N) is 1. The Morgan fingerprint density at radius 1 is 1.60 bits per heavy atom. The summed E-state index contributed by atoms with van der Waals surface area (Å²) < 4.78 is 0. The lowest BCUT2D eigenvalue weighted by Gasteiger charge is -2.02. The van der Waals surface area contributed by atoms with Gasteiger partial charge in [0.1, 0.15) is 0 Å². The molecule has 0 aliphatic heterocycles. The number of rotatable bonds is 3. The number of hydrazine groups is 1. The van der Waals surface area contributed by atoms with E-state index in [1.54, 1.807) is 19.1 Å². The van der Waals surface area contributed by atoms with Crippen LogP contribution < -0.4 is 17.1 Å². The van der Waals surface area contributed by atoms with Gasteiger partial charge in [0.15, 0.2) is 5.84 Å². The van der Waals surface area contributed by atoms with E-state index < -0.39 is 4.92 Å². The third-order valence-corrected chi connectivity index (χ3v) is 1.89. The predicted octanol–water partition coefficient (Wildman–Crippen LogP) is -0.0132. The first-order valence-corrected chi connectivity index (χ1v) is 4.10. The molecule has 0 radical (unpaired) electrons. The number of amidine groups is 1. The van der Waals surface area contributed by atoms with Crippen LogP contribution in [0.2, 0.25) is 0 Å². The first-order valence-electron chi connectivity index (χ1n) is 4.10. The number of nitrogens with two attached hydrogens (primary N) is 2. The molecular weight excluding hydrogens is 198 g/mol. The van der Waals surface area contributed by atoms with E-state index in [2.05, 4.69) is 5.10 Å². The molecule has 0 aliphatic carbocycles. The second-order valence-electron chi connectivity index (χ2n) is 2.88. The number of hydrogen-bond acceptors (Lipinski definition) is 5. The lowest BCUT2D eigenvalue weighted by molar-refractivity contribution is -0.385. The average Bonchev–Trinajstić information content (AvgIpc) is 2.18. The van der Waals surface area contributed by atoms with Crippen LogP contribution in [-0.2, 0) is 0 Å². The fourth-order valence-electron chi connectivity index (χ4n) is 1.10. The number of nitro groups is 1. The van der Waals surface area contributed by atoms with Crippen molar-refractivity contribution >= 4 is 11.5 Å². The van der Waals surface area contributed by atoms with Gasteiger partial charge < -0.3 is 5.73 Å². The van der Waals surface area contributed by atoms with E-state index >= 15 is 0 Å². The van der Waals surface area contributed by atoms with Crippen molar-refractivity contribution < 1.29 is 4.92 Å². The van der Waals surface area contributed by atoms with Gasteiger partial charge in [-0.05, 0) is 6.92 Å². The standard InChI is InChI=1S/C8H11N5O2/c1-5-2-3-6(8(9)11-12-10)4-7(5)13(14)15/h2-4,12H,10H2,1H3,(H2,9,11). The largest absolute Gasteiger partial charge is 0.382 e. The van der Waals surface area contributed by atoms with Crippen LogP contribution in [0.3, 0.4) is 0 Å². The number of aryl methyl sites for hydroxylation is 1. The van der Waals surface area contributed by atoms with Crippen LogP contribution in [0.15, 0.2) is 23.3 Å². The minimum Gasteiger partial charge on any atom is -0.382 e. The molecule has 80 valence electrons. The van der Waals surface area contributed by atoms with Gasteiger partial charge in [-0.15, -0.1) is 5.10 Å². The summed E-state index contributed by atoms with van der Waals surface area (Å²) in [6.45, 7) is 1.65. The van der Waals surface area contributed by atoms with Crippen molar-refractivity contribution in [2.45, 2.75) is 6.92 Å². The van der Waals surface area contributed by atoms with Crippen molar-refractivity contribution in [2.75, 3.05) is 0 Å². The van der Waals surface area contributed by atoms with Gasteiger partial charge in [0, 0.05) is 17.2 Å². The van der Waals surface area contributed by atoms with E-state index in [-0.39, 0.29) is 11.5 Å². The highest BCUT2D eigenvalue weighted by Crippen LogP contribution is 2.18. The van der Waals surface area contributed by atoms with Crippen molar-refractivity contribution in [1.82, 2.24) is 5.53 Å². The first-order chi connectivity index (χ1) is 7.06. The van der Waals surface area contributed by atoms with Crippen LogP contribution in [0.5, 0.6) is 0 Å². The zero-order chi connectivity index (χ0) is 11.4. The number of nitro benzene ring substituents is 1. The number of hydrogen-bond donors (Lipinski definition) is 3. The quantitative estimate of drug-likeness (QED) is 0.212. The molecule has 0 fully saturated rings. The second-order valence-corrected chi connectivity index (χ2v) is 2.88. The minimum absolute atomic E-state index is 0.00247. The van der Waals surface area contributed by atoms with Crippen LogP contribution in [0.4, 0.5) is 5.69 Å². The monoisotopic (exact) mass is 209 g/mol. The van der Waals surface area contributed by atoms with Gasteiger partial charge in [0.2, 0.25) is 0 Å². The van der Waals surface area contributed by atoms with Crippen molar-refractivity contribution in [3.05, 3.63) is 39.4 Å².